The standard InChI is InChI=1S/C13H16FNO3/c1-18-12-9(13(16)17)6-8(7-10(12)14)11-4-2-3-5-15-11/h6-7,11,15H,2-5H2,1H3,(H,16,17). The number of carboxylic acid groups (broad SMARTS) is 1. The van der Waals surface area contributed by atoms with Crippen molar-refractivity contribution >= 4 is 5.97 Å². The zero-order chi connectivity index (χ0) is 13.1. The van der Waals surface area contributed by atoms with Crippen LogP contribution in [-0.2, 0) is 0 Å². The molecule has 1 unspecified atom stereocenters. The molecule has 1 aromatic rings. The summed E-state index contributed by atoms with van der Waals surface area (Å²) in [6, 6.07) is 2.87. The molecule has 18 heavy (non-hydrogen) atoms. The van der Waals surface area contributed by atoms with Crippen molar-refractivity contribution in [2.75, 3.05) is 13.7 Å². The van der Waals surface area contributed by atoms with Gasteiger partial charge in [-0.3, -0.25) is 0 Å². The Labute approximate surface area is 105 Å². The lowest BCUT2D eigenvalue weighted by atomic mass is 9.95. The second kappa shape index (κ2) is 5.35. The number of halogens is 1. The van der Waals surface area contributed by atoms with E-state index in [1.807, 2.05) is 0 Å². The summed E-state index contributed by atoms with van der Waals surface area (Å²) in [5.74, 6) is -2.01. The number of aromatic carboxylic acids is 1. The third-order valence-corrected chi connectivity index (χ3v) is 3.21. The van der Waals surface area contributed by atoms with Crippen LogP contribution in [0.1, 0.15) is 41.2 Å². The highest BCUT2D eigenvalue weighted by Crippen LogP contribution is 2.30. The average Bonchev–Trinajstić information content (AvgIpc) is 2.38. The smallest absolute Gasteiger partial charge is 0.339 e. The molecule has 0 bridgehead atoms. The Morgan fingerprint density at radius 3 is 2.83 bits per heavy atom. The SMILES string of the molecule is COc1c(F)cc(C2CCCCN2)cc1C(=O)O. The highest BCUT2D eigenvalue weighted by Gasteiger charge is 2.22. The van der Waals surface area contributed by atoms with Gasteiger partial charge in [0.25, 0.3) is 0 Å². The summed E-state index contributed by atoms with van der Waals surface area (Å²) >= 11 is 0. The van der Waals surface area contributed by atoms with Gasteiger partial charge in [-0.2, -0.15) is 0 Å². The summed E-state index contributed by atoms with van der Waals surface area (Å²) < 4.78 is 18.6. The predicted molar refractivity (Wildman–Crippen MR) is 64.5 cm³/mol. The molecule has 0 amide bonds. The molecule has 0 aromatic heterocycles. The van der Waals surface area contributed by atoms with E-state index in [1.165, 1.54) is 19.2 Å². The fourth-order valence-electron chi connectivity index (χ4n) is 2.32. The molecule has 1 atom stereocenters. The van der Waals surface area contributed by atoms with Crippen LogP contribution in [0.2, 0.25) is 0 Å². The van der Waals surface area contributed by atoms with Gasteiger partial charge < -0.3 is 15.2 Å². The normalized spacial score (nSPS) is 19.6. The van der Waals surface area contributed by atoms with Crippen LogP contribution < -0.4 is 10.1 Å². The number of carboxylic acids is 1. The van der Waals surface area contributed by atoms with Crippen LogP contribution in [0, 0.1) is 5.82 Å². The molecule has 1 aromatic carbocycles. The van der Waals surface area contributed by atoms with Gasteiger partial charge in [0.15, 0.2) is 11.6 Å². The van der Waals surface area contributed by atoms with Crippen molar-refractivity contribution < 1.29 is 19.0 Å². The van der Waals surface area contributed by atoms with E-state index in [1.54, 1.807) is 0 Å². The Morgan fingerprint density at radius 1 is 1.50 bits per heavy atom. The maximum absolute atomic E-state index is 13.8. The molecule has 0 radical (unpaired) electrons. The first-order valence-corrected chi connectivity index (χ1v) is 5.97. The lowest BCUT2D eigenvalue weighted by molar-refractivity contribution is 0.0692. The number of hydrogen-bond acceptors (Lipinski definition) is 3. The number of ether oxygens (including phenoxy) is 1. The highest BCUT2D eigenvalue weighted by molar-refractivity contribution is 5.91. The minimum Gasteiger partial charge on any atom is -0.493 e. The molecule has 5 heteroatoms. The van der Waals surface area contributed by atoms with E-state index in [0.29, 0.717) is 5.56 Å². The largest absolute Gasteiger partial charge is 0.493 e. The second-order valence-electron chi connectivity index (χ2n) is 4.39. The zero-order valence-electron chi connectivity index (χ0n) is 10.2. The lowest BCUT2D eigenvalue weighted by Gasteiger charge is -2.24. The summed E-state index contributed by atoms with van der Waals surface area (Å²) in [4.78, 5) is 11.1. The van der Waals surface area contributed by atoms with Gasteiger partial charge in [0.2, 0.25) is 0 Å². The fourth-order valence-corrected chi connectivity index (χ4v) is 2.32. The summed E-state index contributed by atoms with van der Waals surface area (Å²) in [6.45, 7) is 0.876. The molecule has 2 rings (SSSR count). The molecule has 1 heterocycles. The van der Waals surface area contributed by atoms with Gasteiger partial charge in [-0.15, -0.1) is 0 Å². The lowest BCUT2D eigenvalue weighted by Crippen LogP contribution is -2.27. The van der Waals surface area contributed by atoms with Crippen LogP contribution in [0.3, 0.4) is 0 Å². The van der Waals surface area contributed by atoms with Crippen LogP contribution in [0.5, 0.6) is 5.75 Å². The first kappa shape index (κ1) is 12.8. The summed E-state index contributed by atoms with van der Waals surface area (Å²) in [5, 5.41) is 12.3. The van der Waals surface area contributed by atoms with Gasteiger partial charge in [0.05, 0.1) is 7.11 Å². The van der Waals surface area contributed by atoms with E-state index in [2.05, 4.69) is 5.32 Å². The molecule has 2 N–H and O–H groups in total. The van der Waals surface area contributed by atoms with Crippen molar-refractivity contribution in [1.82, 2.24) is 5.32 Å². The van der Waals surface area contributed by atoms with Crippen molar-refractivity contribution in [3.8, 4) is 5.75 Å². The Hall–Kier alpha value is -1.62. The van der Waals surface area contributed by atoms with Crippen molar-refractivity contribution in [1.29, 1.82) is 0 Å². The molecule has 1 aliphatic rings. The summed E-state index contributed by atoms with van der Waals surface area (Å²) in [7, 11) is 1.27. The third-order valence-electron chi connectivity index (χ3n) is 3.21. The van der Waals surface area contributed by atoms with E-state index >= 15 is 0 Å². The first-order chi connectivity index (χ1) is 8.63. The molecule has 4 nitrogen and oxygen atoms in total. The highest BCUT2D eigenvalue weighted by atomic mass is 19.1. The van der Waals surface area contributed by atoms with Crippen LogP contribution in [0.4, 0.5) is 4.39 Å². The van der Waals surface area contributed by atoms with Gasteiger partial charge >= 0.3 is 5.97 Å². The third kappa shape index (κ3) is 2.46. The number of nitrogens with one attached hydrogen (secondary N) is 1. The molecule has 1 saturated heterocycles. The molecule has 1 fully saturated rings. The van der Waals surface area contributed by atoms with E-state index in [-0.39, 0.29) is 17.4 Å². The Morgan fingerprint density at radius 2 is 2.28 bits per heavy atom. The maximum atomic E-state index is 13.8. The molecule has 0 saturated carbocycles. The number of hydrogen-bond donors (Lipinski definition) is 2. The topological polar surface area (TPSA) is 58.6 Å². The van der Waals surface area contributed by atoms with E-state index in [0.717, 1.165) is 25.8 Å². The summed E-state index contributed by atoms with van der Waals surface area (Å²) in [6.07, 6.45) is 3.06. The number of methoxy groups -OCH3 is 1. The van der Waals surface area contributed by atoms with E-state index in [4.69, 9.17) is 9.84 Å². The second-order valence-corrected chi connectivity index (χ2v) is 4.39. The van der Waals surface area contributed by atoms with E-state index < -0.39 is 11.8 Å². The molecular formula is C13H16FNO3. The number of carbonyl (C=O) groups is 1. The fraction of sp³-hybridized carbons (Fsp3) is 0.462. The molecular weight excluding hydrogens is 237 g/mol. The minimum absolute atomic E-state index is 0.0252. The average molecular weight is 253 g/mol. The van der Waals surface area contributed by atoms with Crippen LogP contribution >= 0.6 is 0 Å². The number of piperidine rings is 1. The zero-order valence-corrected chi connectivity index (χ0v) is 10.2. The molecule has 1 aliphatic heterocycles. The predicted octanol–water partition coefficient (Wildman–Crippen LogP) is 2.35. The molecule has 98 valence electrons. The van der Waals surface area contributed by atoms with E-state index in [9.17, 15) is 9.18 Å². The van der Waals surface area contributed by atoms with Crippen LogP contribution in [-0.4, -0.2) is 24.7 Å². The van der Waals surface area contributed by atoms with Gasteiger partial charge in [-0.1, -0.05) is 6.42 Å². The quantitative estimate of drug-likeness (QED) is 0.868. The van der Waals surface area contributed by atoms with Gasteiger partial charge in [-0.05, 0) is 37.1 Å². The van der Waals surface area contributed by atoms with Crippen LogP contribution in [0.15, 0.2) is 12.1 Å². The van der Waals surface area contributed by atoms with Crippen molar-refractivity contribution in [2.24, 2.45) is 0 Å². The Bertz CT molecular complexity index is 456. The minimum atomic E-state index is -1.18. The summed E-state index contributed by atoms with van der Waals surface area (Å²) in [5.41, 5.74) is 0.547. The van der Waals surface area contributed by atoms with Gasteiger partial charge in [0, 0.05) is 6.04 Å². The molecule has 0 spiro atoms. The Kier molecular flexibility index (Phi) is 3.81. The van der Waals surface area contributed by atoms with Crippen molar-refractivity contribution in [3.63, 3.8) is 0 Å². The first-order valence-electron chi connectivity index (χ1n) is 5.97. The van der Waals surface area contributed by atoms with Gasteiger partial charge in [-0.25, -0.2) is 9.18 Å². The Balaban J connectivity index is 2.40. The van der Waals surface area contributed by atoms with Crippen molar-refractivity contribution in [3.05, 3.63) is 29.1 Å². The number of rotatable bonds is 3. The monoisotopic (exact) mass is 253 g/mol. The van der Waals surface area contributed by atoms with Gasteiger partial charge in [0.1, 0.15) is 5.56 Å². The van der Waals surface area contributed by atoms with Crippen LogP contribution in [0.25, 0.3) is 0 Å². The maximum Gasteiger partial charge on any atom is 0.339 e. The molecule has 0 aliphatic carbocycles. The van der Waals surface area contributed by atoms with Crippen molar-refractivity contribution in [2.45, 2.75) is 25.3 Å². The number of benzene rings is 1.